The number of hydrogen-bond acceptors (Lipinski definition) is 0. The van der Waals surface area contributed by atoms with Crippen molar-refractivity contribution in [2.75, 3.05) is 0 Å². The molecule has 2 rings (SSSR count). The molecule has 77 valence electrons. The molecule has 0 aromatic carbocycles. The van der Waals surface area contributed by atoms with Crippen LogP contribution in [0.15, 0.2) is 21.0 Å². The SMILES string of the molecule is CC1(C2=[C]([Zr+2])CC=C2)CCCC1.[Cl-].[Cl-]. The topological polar surface area (TPSA) is 0 Å². The maximum absolute atomic E-state index is 2.45. The van der Waals surface area contributed by atoms with Crippen molar-refractivity contribution < 1.29 is 49.5 Å². The minimum Gasteiger partial charge on any atom is -1.00 e. The summed E-state index contributed by atoms with van der Waals surface area (Å²) in [5.41, 5.74) is 2.25. The first-order chi connectivity index (χ1) is 5.72. The third-order valence-corrected chi connectivity index (χ3v) is 4.45. The minimum absolute atomic E-state index is 0. The van der Waals surface area contributed by atoms with Gasteiger partial charge in [-0.3, -0.25) is 0 Å². The fourth-order valence-electron chi connectivity index (χ4n) is 2.50. The predicted octanol–water partition coefficient (Wildman–Crippen LogP) is -2.66. The van der Waals surface area contributed by atoms with Gasteiger partial charge in [-0.1, -0.05) is 0 Å². The van der Waals surface area contributed by atoms with Crippen molar-refractivity contribution >= 4 is 0 Å². The molecular formula is C11H15Cl2Zr. The normalized spacial score (nSPS) is 23.4. The van der Waals surface area contributed by atoms with Crippen LogP contribution in [-0.2, 0) is 24.7 Å². The van der Waals surface area contributed by atoms with Gasteiger partial charge in [0.1, 0.15) is 0 Å². The van der Waals surface area contributed by atoms with Crippen LogP contribution in [0, 0.1) is 5.41 Å². The number of halogens is 2. The summed E-state index contributed by atoms with van der Waals surface area (Å²) in [7, 11) is 0. The molecule has 1 fully saturated rings. The summed E-state index contributed by atoms with van der Waals surface area (Å²) in [6.07, 6.45) is 11.7. The summed E-state index contributed by atoms with van der Waals surface area (Å²) in [5.74, 6) is 0. The van der Waals surface area contributed by atoms with Crippen LogP contribution >= 0.6 is 0 Å². The van der Waals surface area contributed by atoms with E-state index in [1.807, 2.05) is 0 Å². The molecule has 0 aliphatic heterocycles. The van der Waals surface area contributed by atoms with Crippen LogP contribution in [-0.4, -0.2) is 0 Å². The number of allylic oxidation sites excluding steroid dienone is 4. The van der Waals surface area contributed by atoms with Crippen LogP contribution in [0.3, 0.4) is 0 Å². The van der Waals surface area contributed by atoms with E-state index in [2.05, 4.69) is 19.1 Å². The standard InChI is InChI=1S/C11H15.2ClH.Zr/c1-11(8-4-5-9-11)10-6-2-3-7-10;;;/h2,6H,3-5,8-9H2,1H3;2*1H;/q;;;+2/p-2. The average molecular weight is 309 g/mol. The zero-order chi connectivity index (χ0) is 8.60. The van der Waals surface area contributed by atoms with E-state index >= 15 is 0 Å². The molecule has 0 N–H and O–H groups in total. The average Bonchev–Trinajstić information content (AvgIpc) is 2.59. The molecule has 2 aliphatic carbocycles. The van der Waals surface area contributed by atoms with Crippen molar-refractivity contribution in [3.63, 3.8) is 0 Å². The molecule has 2 aliphatic rings. The molecule has 0 atom stereocenters. The zero-order valence-electron chi connectivity index (χ0n) is 8.45. The van der Waals surface area contributed by atoms with Gasteiger partial charge in [0.05, 0.1) is 0 Å². The fraction of sp³-hybridized carbons (Fsp3) is 0.636. The van der Waals surface area contributed by atoms with E-state index in [0.29, 0.717) is 5.41 Å². The van der Waals surface area contributed by atoms with E-state index in [1.54, 1.807) is 33.6 Å². The Morgan fingerprint density at radius 3 is 2.21 bits per heavy atom. The summed E-state index contributed by atoms with van der Waals surface area (Å²) >= 11 is 1.63. The van der Waals surface area contributed by atoms with Gasteiger partial charge in [0.15, 0.2) is 0 Å². The van der Waals surface area contributed by atoms with E-state index in [1.165, 1.54) is 32.1 Å². The molecule has 0 heterocycles. The van der Waals surface area contributed by atoms with Crippen LogP contribution in [0.25, 0.3) is 0 Å². The van der Waals surface area contributed by atoms with Gasteiger partial charge in [-0.15, -0.1) is 0 Å². The first-order valence-corrected chi connectivity index (χ1v) is 6.07. The van der Waals surface area contributed by atoms with E-state index in [-0.39, 0.29) is 24.8 Å². The maximum Gasteiger partial charge on any atom is -1.00 e. The molecule has 0 aromatic rings. The Morgan fingerprint density at radius 1 is 1.21 bits per heavy atom. The van der Waals surface area contributed by atoms with Crippen LogP contribution in [0.2, 0.25) is 0 Å². The van der Waals surface area contributed by atoms with Crippen molar-refractivity contribution in [1.82, 2.24) is 0 Å². The summed E-state index contributed by atoms with van der Waals surface area (Å²) in [6, 6.07) is 0. The molecule has 0 bridgehead atoms. The van der Waals surface area contributed by atoms with Gasteiger partial charge in [0, 0.05) is 0 Å². The Morgan fingerprint density at radius 2 is 1.79 bits per heavy atom. The van der Waals surface area contributed by atoms with Crippen LogP contribution in [0.4, 0.5) is 0 Å². The molecule has 3 heteroatoms. The van der Waals surface area contributed by atoms with Gasteiger partial charge in [-0.05, 0) is 0 Å². The minimum atomic E-state index is 0. The van der Waals surface area contributed by atoms with Gasteiger partial charge in [0.2, 0.25) is 0 Å². The van der Waals surface area contributed by atoms with Crippen molar-refractivity contribution in [3.8, 4) is 0 Å². The van der Waals surface area contributed by atoms with E-state index in [4.69, 9.17) is 0 Å². The number of hydrogen-bond donors (Lipinski definition) is 0. The molecule has 0 amide bonds. The van der Waals surface area contributed by atoms with Crippen molar-refractivity contribution in [1.29, 1.82) is 0 Å². The van der Waals surface area contributed by atoms with E-state index in [0.717, 1.165) is 0 Å². The molecule has 0 nitrogen and oxygen atoms in total. The summed E-state index contributed by atoms with van der Waals surface area (Å²) in [5, 5.41) is 0. The van der Waals surface area contributed by atoms with Crippen molar-refractivity contribution in [2.24, 2.45) is 5.41 Å². The Hall–Kier alpha value is 0.943. The van der Waals surface area contributed by atoms with Crippen molar-refractivity contribution in [3.05, 3.63) is 21.0 Å². The summed E-state index contributed by atoms with van der Waals surface area (Å²) < 4.78 is 1.70. The third kappa shape index (κ3) is 2.74. The Balaban J connectivity index is 0.000000845. The van der Waals surface area contributed by atoms with Gasteiger partial charge in [0.25, 0.3) is 0 Å². The van der Waals surface area contributed by atoms with Crippen LogP contribution in [0.1, 0.15) is 39.0 Å². The van der Waals surface area contributed by atoms with Crippen molar-refractivity contribution in [2.45, 2.75) is 39.0 Å². The molecular weight excluding hydrogens is 294 g/mol. The van der Waals surface area contributed by atoms with Gasteiger partial charge in [-0.2, -0.15) is 0 Å². The monoisotopic (exact) mass is 307 g/mol. The Kier molecular flexibility index (Phi) is 6.27. The van der Waals surface area contributed by atoms with Crippen LogP contribution in [0.5, 0.6) is 0 Å². The second kappa shape index (κ2) is 5.87. The molecule has 0 saturated heterocycles. The third-order valence-electron chi connectivity index (χ3n) is 3.29. The second-order valence-corrected chi connectivity index (χ2v) is 5.75. The quantitative estimate of drug-likeness (QED) is 0.496. The zero-order valence-corrected chi connectivity index (χ0v) is 12.4. The largest absolute Gasteiger partial charge is 1.00 e. The molecule has 14 heavy (non-hydrogen) atoms. The summed E-state index contributed by atoms with van der Waals surface area (Å²) in [4.78, 5) is 0. The molecule has 0 spiro atoms. The smallest absolute Gasteiger partial charge is 1.00 e. The fourth-order valence-corrected chi connectivity index (χ4v) is 3.73. The Labute approximate surface area is 114 Å². The summed E-state index contributed by atoms with van der Waals surface area (Å²) in [6.45, 7) is 2.45. The first kappa shape index (κ1) is 14.9. The first-order valence-electron chi connectivity index (χ1n) is 4.84. The number of rotatable bonds is 1. The molecule has 0 radical (unpaired) electrons. The van der Waals surface area contributed by atoms with Gasteiger partial charge < -0.3 is 24.8 Å². The van der Waals surface area contributed by atoms with E-state index < -0.39 is 0 Å². The van der Waals surface area contributed by atoms with Gasteiger partial charge in [-0.25, -0.2) is 0 Å². The molecule has 0 aromatic heterocycles. The Bertz CT molecular complexity index is 250. The van der Waals surface area contributed by atoms with Gasteiger partial charge >= 0.3 is 90.2 Å². The van der Waals surface area contributed by atoms with E-state index in [9.17, 15) is 0 Å². The second-order valence-electron chi connectivity index (χ2n) is 4.27. The van der Waals surface area contributed by atoms with Crippen LogP contribution < -0.4 is 24.8 Å². The molecule has 0 unspecified atom stereocenters. The predicted molar refractivity (Wildman–Crippen MR) is 47.4 cm³/mol. The molecule has 1 saturated carbocycles. The maximum atomic E-state index is 2.45.